The number of primary sulfonamides is 1. The van der Waals surface area contributed by atoms with Crippen molar-refractivity contribution in [3.63, 3.8) is 0 Å². The number of nitrogens with two attached hydrogens (primary N) is 1. The van der Waals surface area contributed by atoms with Crippen LogP contribution in [0.5, 0.6) is 0 Å². The Kier molecular flexibility index (Phi) is 4.29. The lowest BCUT2D eigenvalue weighted by Crippen LogP contribution is -2.58. The van der Waals surface area contributed by atoms with Crippen molar-refractivity contribution in [3.05, 3.63) is 28.3 Å². The Labute approximate surface area is 147 Å². The van der Waals surface area contributed by atoms with Crippen LogP contribution in [0.15, 0.2) is 23.1 Å². The number of rotatable bonds is 3. The summed E-state index contributed by atoms with van der Waals surface area (Å²) in [6.07, 6.45) is 4.01. The monoisotopic (exact) mass is 369 g/mol. The normalized spacial score (nSPS) is 22.3. The average Bonchev–Trinajstić information content (AvgIpc) is 2.91. The molecule has 9 heteroatoms. The van der Waals surface area contributed by atoms with Gasteiger partial charge in [-0.3, -0.25) is 10.1 Å². The molecule has 2 aliphatic rings. The van der Waals surface area contributed by atoms with Crippen LogP contribution in [0.2, 0.25) is 0 Å². The zero-order chi connectivity index (χ0) is 18.5. The van der Waals surface area contributed by atoms with Crippen LogP contribution in [0.3, 0.4) is 0 Å². The zero-order valence-corrected chi connectivity index (χ0v) is 15.2. The van der Waals surface area contributed by atoms with Gasteiger partial charge in [0.25, 0.3) is 5.69 Å². The summed E-state index contributed by atoms with van der Waals surface area (Å²) in [6.45, 7) is 5.00. The molecule has 138 valence electrons. The molecule has 25 heavy (non-hydrogen) atoms. The molecule has 1 aromatic rings. The molecule has 2 fully saturated rings. The minimum absolute atomic E-state index is 0.252. The van der Waals surface area contributed by atoms with Gasteiger partial charge in [0.15, 0.2) is 0 Å². The van der Waals surface area contributed by atoms with Crippen molar-refractivity contribution in [1.82, 2.24) is 0 Å². The molecule has 0 aromatic heterocycles. The molecular formula is C16H23N3O5S. The Morgan fingerprint density at radius 1 is 1.24 bits per heavy atom. The third-order valence-corrected chi connectivity index (χ3v) is 5.78. The van der Waals surface area contributed by atoms with E-state index in [0.29, 0.717) is 18.8 Å². The molecule has 1 heterocycles. The molecule has 0 bridgehead atoms. The summed E-state index contributed by atoms with van der Waals surface area (Å²) in [5.41, 5.74) is -0.596. The zero-order valence-electron chi connectivity index (χ0n) is 14.4. The van der Waals surface area contributed by atoms with Gasteiger partial charge in [-0.1, -0.05) is 12.8 Å². The molecule has 0 unspecified atom stereocenters. The van der Waals surface area contributed by atoms with Crippen LogP contribution < -0.4 is 10.0 Å². The van der Waals surface area contributed by atoms with Crippen LogP contribution in [0.1, 0.15) is 39.5 Å². The van der Waals surface area contributed by atoms with E-state index in [1.807, 2.05) is 18.7 Å². The van der Waals surface area contributed by atoms with Gasteiger partial charge in [-0.2, -0.15) is 0 Å². The second-order valence-electron chi connectivity index (χ2n) is 7.56. The molecule has 0 amide bonds. The number of nitrogens with zero attached hydrogens (tertiary/aromatic N) is 2. The third-order valence-electron chi connectivity index (χ3n) is 4.87. The molecule has 0 radical (unpaired) electrons. The van der Waals surface area contributed by atoms with Gasteiger partial charge < -0.3 is 9.64 Å². The molecule has 1 saturated carbocycles. The topological polar surface area (TPSA) is 116 Å². The summed E-state index contributed by atoms with van der Waals surface area (Å²) < 4.78 is 29.4. The van der Waals surface area contributed by atoms with E-state index < -0.39 is 20.5 Å². The van der Waals surface area contributed by atoms with E-state index in [1.54, 1.807) is 0 Å². The van der Waals surface area contributed by atoms with E-state index in [4.69, 9.17) is 9.88 Å². The number of anilines is 1. The van der Waals surface area contributed by atoms with E-state index in [0.717, 1.165) is 31.7 Å². The number of ether oxygens (including phenoxy) is 1. The van der Waals surface area contributed by atoms with Crippen molar-refractivity contribution in [1.29, 1.82) is 0 Å². The number of morpholine rings is 1. The van der Waals surface area contributed by atoms with Crippen molar-refractivity contribution in [2.45, 2.75) is 55.6 Å². The van der Waals surface area contributed by atoms with Crippen LogP contribution in [0.25, 0.3) is 0 Å². The minimum atomic E-state index is -4.00. The smallest absolute Gasteiger partial charge is 0.293 e. The first-order chi connectivity index (χ1) is 11.5. The number of benzene rings is 1. The number of hydrogen-bond donors (Lipinski definition) is 1. The number of sulfonamides is 1. The maximum Gasteiger partial charge on any atom is 0.293 e. The molecule has 1 aliphatic carbocycles. The largest absolute Gasteiger partial charge is 0.365 e. The van der Waals surface area contributed by atoms with E-state index >= 15 is 0 Å². The van der Waals surface area contributed by atoms with Gasteiger partial charge in [-0.05, 0) is 38.8 Å². The summed E-state index contributed by atoms with van der Waals surface area (Å²) in [5.74, 6) is 0. The second-order valence-corrected chi connectivity index (χ2v) is 9.12. The van der Waals surface area contributed by atoms with Crippen molar-refractivity contribution >= 4 is 21.4 Å². The molecular weight excluding hydrogens is 346 g/mol. The van der Waals surface area contributed by atoms with Gasteiger partial charge in [0.2, 0.25) is 10.0 Å². The molecule has 2 N–H and O–H groups in total. The lowest BCUT2D eigenvalue weighted by Gasteiger charge is -2.49. The summed E-state index contributed by atoms with van der Waals surface area (Å²) in [5, 5.41) is 16.6. The molecule has 1 spiro atoms. The standard InChI is InChI=1S/C16H23N3O5S/c1-15(2)10-18(11-16(24-15)7-3-4-8-16)13-6-5-12(25(17,22)23)9-14(13)19(20)21/h5-6,9H,3-4,7-8,10-11H2,1-2H3,(H2,17,22,23). The predicted molar refractivity (Wildman–Crippen MR) is 93.0 cm³/mol. The Hall–Kier alpha value is -1.71. The van der Waals surface area contributed by atoms with E-state index in [2.05, 4.69) is 0 Å². The van der Waals surface area contributed by atoms with Gasteiger partial charge in [0, 0.05) is 19.2 Å². The SMILES string of the molecule is CC1(C)CN(c2ccc(S(N)(=O)=O)cc2[N+](=O)[O-])CC2(CCCC2)O1. The van der Waals surface area contributed by atoms with Gasteiger partial charge in [-0.15, -0.1) is 0 Å². The van der Waals surface area contributed by atoms with Crippen molar-refractivity contribution in [2.75, 3.05) is 18.0 Å². The maximum atomic E-state index is 11.5. The van der Waals surface area contributed by atoms with Crippen molar-refractivity contribution in [2.24, 2.45) is 5.14 Å². The van der Waals surface area contributed by atoms with Gasteiger partial charge in [0.1, 0.15) is 5.69 Å². The van der Waals surface area contributed by atoms with Crippen LogP contribution >= 0.6 is 0 Å². The Morgan fingerprint density at radius 3 is 2.44 bits per heavy atom. The molecule has 0 atom stereocenters. The fraction of sp³-hybridized carbons (Fsp3) is 0.625. The summed E-state index contributed by atoms with van der Waals surface area (Å²) in [7, 11) is -4.00. The molecule has 1 aliphatic heterocycles. The highest BCUT2D eigenvalue weighted by Crippen LogP contribution is 2.43. The van der Waals surface area contributed by atoms with E-state index in [-0.39, 0.29) is 16.2 Å². The highest BCUT2D eigenvalue weighted by atomic mass is 32.2. The molecule has 1 saturated heterocycles. The first kappa shape index (κ1) is 18.1. The van der Waals surface area contributed by atoms with Gasteiger partial charge in [0.05, 0.1) is 21.0 Å². The summed E-state index contributed by atoms with van der Waals surface area (Å²) in [6, 6.07) is 3.83. The quantitative estimate of drug-likeness (QED) is 0.645. The summed E-state index contributed by atoms with van der Waals surface area (Å²) >= 11 is 0. The minimum Gasteiger partial charge on any atom is -0.365 e. The maximum absolute atomic E-state index is 11.5. The lowest BCUT2D eigenvalue weighted by molar-refractivity contribution is -0.384. The Balaban J connectivity index is 2.04. The van der Waals surface area contributed by atoms with E-state index in [1.165, 1.54) is 12.1 Å². The first-order valence-corrected chi connectivity index (χ1v) is 9.82. The van der Waals surface area contributed by atoms with Crippen molar-refractivity contribution in [3.8, 4) is 0 Å². The fourth-order valence-electron chi connectivity index (χ4n) is 4.06. The van der Waals surface area contributed by atoms with Crippen LogP contribution in [0, 0.1) is 10.1 Å². The van der Waals surface area contributed by atoms with Crippen LogP contribution in [-0.2, 0) is 14.8 Å². The molecule has 8 nitrogen and oxygen atoms in total. The number of nitro groups is 1. The Morgan fingerprint density at radius 2 is 1.88 bits per heavy atom. The lowest BCUT2D eigenvalue weighted by atomic mass is 9.93. The third kappa shape index (κ3) is 3.63. The molecule has 1 aromatic carbocycles. The molecule has 3 rings (SSSR count). The van der Waals surface area contributed by atoms with Gasteiger partial charge >= 0.3 is 0 Å². The van der Waals surface area contributed by atoms with Crippen LogP contribution in [0.4, 0.5) is 11.4 Å². The summed E-state index contributed by atoms with van der Waals surface area (Å²) in [4.78, 5) is 12.7. The highest BCUT2D eigenvalue weighted by Gasteiger charge is 2.46. The van der Waals surface area contributed by atoms with Crippen molar-refractivity contribution < 1.29 is 18.1 Å². The second kappa shape index (κ2) is 5.93. The average molecular weight is 369 g/mol. The van der Waals surface area contributed by atoms with Crippen LogP contribution in [-0.4, -0.2) is 37.6 Å². The number of nitro benzene ring substituents is 1. The fourth-order valence-corrected chi connectivity index (χ4v) is 4.59. The first-order valence-electron chi connectivity index (χ1n) is 8.28. The highest BCUT2D eigenvalue weighted by molar-refractivity contribution is 7.89. The number of hydrogen-bond acceptors (Lipinski definition) is 6. The van der Waals surface area contributed by atoms with E-state index in [9.17, 15) is 18.5 Å². The Bertz CT molecular complexity index is 800. The van der Waals surface area contributed by atoms with Gasteiger partial charge in [-0.25, -0.2) is 13.6 Å². The predicted octanol–water partition coefficient (Wildman–Crippen LogP) is 2.17.